The molecule has 0 saturated heterocycles. The number of unbranched alkanes of at least 4 members (excludes halogenated alkanes) is 1. The molecule has 1 aliphatic heterocycles. The van der Waals surface area contributed by atoms with Gasteiger partial charge in [0.2, 0.25) is 0 Å². The van der Waals surface area contributed by atoms with Gasteiger partial charge in [0.25, 0.3) is 0 Å². The van der Waals surface area contributed by atoms with Gasteiger partial charge in [0.05, 0.1) is 6.61 Å². The minimum Gasteiger partial charge on any atom is -0.394 e. The maximum atomic E-state index is 14.7. The summed E-state index contributed by atoms with van der Waals surface area (Å²) in [6.45, 7) is 31.2. The van der Waals surface area contributed by atoms with Crippen LogP contribution in [0.5, 0.6) is 11.5 Å². The van der Waals surface area contributed by atoms with Crippen molar-refractivity contribution in [3.8, 4) is 22.6 Å². The Morgan fingerprint density at radius 3 is 1.41 bits per heavy atom. The molecule has 1 heterocycles. The molecule has 0 bridgehead atoms. The molecule has 0 radical (unpaired) electrons. The van der Waals surface area contributed by atoms with E-state index in [2.05, 4.69) is 121 Å². The van der Waals surface area contributed by atoms with Gasteiger partial charge < -0.3 is 9.05 Å². The number of hydrogen-bond acceptors (Lipinski definition) is 4. The zero-order chi connectivity index (χ0) is 31.2. The van der Waals surface area contributed by atoms with Crippen LogP contribution in [0, 0.1) is 5.92 Å². The highest BCUT2D eigenvalue weighted by Gasteiger charge is 2.42. The van der Waals surface area contributed by atoms with E-state index in [9.17, 15) is 4.57 Å². The third-order valence-electron chi connectivity index (χ3n) is 8.23. The van der Waals surface area contributed by atoms with Crippen molar-refractivity contribution in [2.24, 2.45) is 5.92 Å². The van der Waals surface area contributed by atoms with Gasteiger partial charge in [0, 0.05) is 22.3 Å². The molecule has 2 aromatic rings. The van der Waals surface area contributed by atoms with Crippen LogP contribution in [0.15, 0.2) is 24.3 Å². The van der Waals surface area contributed by atoms with E-state index in [4.69, 9.17) is 13.6 Å². The number of rotatable bonds is 7. The van der Waals surface area contributed by atoms with Crippen molar-refractivity contribution in [2.45, 2.75) is 144 Å². The Morgan fingerprint density at radius 2 is 1.10 bits per heavy atom. The SMILES string of the molecule is CCCCC(CC)COP1(=O)Oc2c(cc(C(C)(C)C)cc2C(C)(C)C)-c2cc(C(C)(C)C)cc(C(C)(C)C)c2O1. The summed E-state index contributed by atoms with van der Waals surface area (Å²) in [5.74, 6) is 1.52. The van der Waals surface area contributed by atoms with Crippen molar-refractivity contribution in [1.29, 1.82) is 0 Å². The number of phosphoric ester groups is 1. The number of benzene rings is 2. The van der Waals surface area contributed by atoms with Crippen molar-refractivity contribution in [2.75, 3.05) is 6.61 Å². The highest BCUT2D eigenvalue weighted by Crippen LogP contribution is 2.61. The molecule has 230 valence electrons. The Labute approximate surface area is 251 Å². The molecule has 0 aliphatic carbocycles. The molecule has 5 heteroatoms. The van der Waals surface area contributed by atoms with Gasteiger partial charge in [-0.25, -0.2) is 4.57 Å². The van der Waals surface area contributed by atoms with Crippen LogP contribution in [0.2, 0.25) is 0 Å². The second kappa shape index (κ2) is 11.7. The quantitative estimate of drug-likeness (QED) is 0.304. The maximum Gasteiger partial charge on any atom is 0.587 e. The standard InChI is InChI=1S/C36H57O4P/c1-15-17-18-24(16-2)23-38-41(37)39-31-27(19-25(33(3,4)5)21-29(31)35(9,10)11)28-20-26(34(6,7)8)22-30(32(28)40-41)36(12,13)14/h19-22,24H,15-18,23H2,1-14H3. The van der Waals surface area contributed by atoms with Crippen LogP contribution in [-0.2, 0) is 30.7 Å². The second-order valence-electron chi connectivity index (χ2n) is 16.1. The predicted molar refractivity (Wildman–Crippen MR) is 175 cm³/mol. The molecule has 0 saturated carbocycles. The monoisotopic (exact) mass is 584 g/mol. The number of hydrogen-bond donors (Lipinski definition) is 0. The van der Waals surface area contributed by atoms with Gasteiger partial charge in [-0.15, -0.1) is 0 Å². The van der Waals surface area contributed by atoms with Crippen LogP contribution >= 0.6 is 7.82 Å². The van der Waals surface area contributed by atoms with Gasteiger partial charge in [-0.3, -0.25) is 4.52 Å². The highest BCUT2D eigenvalue weighted by atomic mass is 31.2. The first-order chi connectivity index (χ1) is 18.6. The van der Waals surface area contributed by atoms with Crippen LogP contribution in [0.3, 0.4) is 0 Å². The van der Waals surface area contributed by atoms with Gasteiger partial charge in [-0.2, -0.15) is 0 Å². The molecule has 1 atom stereocenters. The summed E-state index contributed by atoms with van der Waals surface area (Å²) in [6.07, 6.45) is 4.23. The zero-order valence-electron chi connectivity index (χ0n) is 28.5. The molecule has 0 N–H and O–H groups in total. The fourth-order valence-electron chi connectivity index (χ4n) is 5.22. The van der Waals surface area contributed by atoms with Crippen LogP contribution in [0.4, 0.5) is 0 Å². The molecule has 0 fully saturated rings. The summed E-state index contributed by atoms with van der Waals surface area (Å²) in [6, 6.07) is 8.89. The molecular weight excluding hydrogens is 527 g/mol. The summed E-state index contributed by atoms with van der Waals surface area (Å²) in [7, 11) is -4.03. The van der Waals surface area contributed by atoms with Crippen LogP contribution in [0.25, 0.3) is 11.1 Å². The van der Waals surface area contributed by atoms with Crippen LogP contribution in [-0.4, -0.2) is 6.61 Å². The lowest BCUT2D eigenvalue weighted by atomic mass is 9.75. The highest BCUT2D eigenvalue weighted by molar-refractivity contribution is 7.49. The summed E-state index contributed by atoms with van der Waals surface area (Å²) >= 11 is 0. The predicted octanol–water partition coefficient (Wildman–Crippen LogP) is 11.7. The molecule has 3 rings (SSSR count). The normalized spacial score (nSPS) is 16.2. The Balaban J connectivity index is 2.42. The average Bonchev–Trinajstić information content (AvgIpc) is 2.94. The molecule has 1 aliphatic rings. The summed E-state index contributed by atoms with van der Waals surface area (Å²) in [5, 5.41) is 0. The molecule has 0 spiro atoms. The lowest BCUT2D eigenvalue weighted by molar-refractivity contribution is 0.171. The first kappa shape index (κ1) is 33.7. The number of fused-ring (bicyclic) bond motifs is 3. The van der Waals surface area contributed by atoms with Crippen molar-refractivity contribution in [3.05, 3.63) is 46.5 Å². The smallest absolute Gasteiger partial charge is 0.394 e. The van der Waals surface area contributed by atoms with Gasteiger partial charge in [0.1, 0.15) is 11.5 Å². The molecule has 4 nitrogen and oxygen atoms in total. The Hall–Kier alpha value is -1.77. The molecule has 2 aromatic carbocycles. The summed E-state index contributed by atoms with van der Waals surface area (Å²) in [4.78, 5) is 0. The van der Waals surface area contributed by atoms with E-state index in [0.717, 1.165) is 47.9 Å². The molecular formula is C36H57O4P. The Kier molecular flexibility index (Phi) is 9.64. The lowest BCUT2D eigenvalue weighted by Crippen LogP contribution is -2.19. The Morgan fingerprint density at radius 1 is 0.683 bits per heavy atom. The van der Waals surface area contributed by atoms with E-state index >= 15 is 0 Å². The minimum absolute atomic E-state index is 0.0926. The molecule has 1 unspecified atom stereocenters. The van der Waals surface area contributed by atoms with E-state index in [1.807, 2.05) is 0 Å². The van der Waals surface area contributed by atoms with Crippen LogP contribution < -0.4 is 9.05 Å². The molecule has 41 heavy (non-hydrogen) atoms. The summed E-state index contributed by atoms with van der Waals surface area (Å²) in [5.41, 5.74) is 5.57. The van der Waals surface area contributed by atoms with Crippen LogP contribution in [0.1, 0.15) is 145 Å². The van der Waals surface area contributed by atoms with Crippen molar-refractivity contribution in [1.82, 2.24) is 0 Å². The third-order valence-corrected chi connectivity index (χ3v) is 9.51. The second-order valence-corrected chi connectivity index (χ2v) is 17.7. The first-order valence-corrected chi connectivity index (χ1v) is 17.1. The maximum absolute atomic E-state index is 14.7. The number of phosphoric acid groups is 1. The summed E-state index contributed by atoms with van der Waals surface area (Å²) < 4.78 is 34.1. The Bertz CT molecular complexity index is 1190. The molecule has 0 amide bonds. The molecule has 0 aromatic heterocycles. The van der Waals surface area contributed by atoms with Crippen molar-refractivity contribution in [3.63, 3.8) is 0 Å². The zero-order valence-corrected chi connectivity index (χ0v) is 29.4. The van der Waals surface area contributed by atoms with Crippen molar-refractivity contribution < 1.29 is 18.1 Å². The van der Waals surface area contributed by atoms with E-state index < -0.39 is 7.82 Å². The van der Waals surface area contributed by atoms with Crippen molar-refractivity contribution >= 4 is 7.82 Å². The fraction of sp³-hybridized carbons (Fsp3) is 0.667. The van der Waals surface area contributed by atoms with E-state index in [0.29, 0.717) is 24.0 Å². The fourth-order valence-corrected chi connectivity index (χ4v) is 6.60. The van der Waals surface area contributed by atoms with Gasteiger partial charge in [-0.05, 0) is 57.3 Å². The van der Waals surface area contributed by atoms with Gasteiger partial charge in [-0.1, -0.05) is 128 Å². The van der Waals surface area contributed by atoms with E-state index in [1.165, 1.54) is 11.1 Å². The third kappa shape index (κ3) is 7.80. The van der Waals surface area contributed by atoms with E-state index in [-0.39, 0.29) is 21.7 Å². The minimum atomic E-state index is -4.03. The van der Waals surface area contributed by atoms with Gasteiger partial charge in [0.15, 0.2) is 0 Å². The first-order valence-electron chi connectivity index (χ1n) is 15.6. The topological polar surface area (TPSA) is 44.8 Å². The van der Waals surface area contributed by atoms with Gasteiger partial charge >= 0.3 is 7.82 Å². The lowest BCUT2D eigenvalue weighted by Gasteiger charge is -2.30. The average molecular weight is 585 g/mol. The van der Waals surface area contributed by atoms with E-state index in [1.54, 1.807) is 0 Å². The largest absolute Gasteiger partial charge is 0.587 e.